The molecule has 8 nitrogen and oxygen atoms in total. The zero-order chi connectivity index (χ0) is 15.5. The van der Waals surface area contributed by atoms with Gasteiger partial charge in [-0.3, -0.25) is 5.10 Å². The van der Waals surface area contributed by atoms with Crippen molar-refractivity contribution in [3.8, 4) is 0 Å². The van der Waals surface area contributed by atoms with E-state index in [9.17, 15) is 8.42 Å². The summed E-state index contributed by atoms with van der Waals surface area (Å²) in [5, 5.41) is 6.39. The van der Waals surface area contributed by atoms with Crippen molar-refractivity contribution in [2.75, 3.05) is 6.54 Å². The van der Waals surface area contributed by atoms with Crippen LogP contribution in [0.3, 0.4) is 0 Å². The maximum absolute atomic E-state index is 12.3. The fourth-order valence-corrected chi connectivity index (χ4v) is 3.11. The molecule has 0 spiro atoms. The Hall–Kier alpha value is -1.71. The van der Waals surface area contributed by atoms with Gasteiger partial charge in [-0.1, -0.05) is 0 Å². The Bertz CT molecular complexity index is 675. The number of nitrogens with two attached hydrogens (primary N) is 1. The molecule has 0 aliphatic carbocycles. The van der Waals surface area contributed by atoms with Gasteiger partial charge in [-0.2, -0.15) is 5.10 Å². The lowest BCUT2D eigenvalue weighted by Gasteiger charge is -2.10. The minimum Gasteiger partial charge on any atom is -0.346 e. The largest absolute Gasteiger partial charge is 0.346 e. The molecular weight excluding hydrogens is 292 g/mol. The van der Waals surface area contributed by atoms with Gasteiger partial charge in [0.05, 0.1) is 4.90 Å². The summed E-state index contributed by atoms with van der Waals surface area (Å²) in [6.07, 6.45) is 3.46. The average molecular weight is 312 g/mol. The molecule has 0 bridgehead atoms. The fourth-order valence-electron chi connectivity index (χ4n) is 2.03. The maximum Gasteiger partial charge on any atom is 0.242 e. The highest BCUT2D eigenvalue weighted by atomic mass is 32.2. The molecule has 2 heterocycles. The van der Waals surface area contributed by atoms with E-state index in [0.29, 0.717) is 18.8 Å². The molecule has 2 rings (SSSR count). The Labute approximate surface area is 123 Å². The van der Waals surface area contributed by atoms with Crippen molar-refractivity contribution in [3.05, 3.63) is 30.1 Å². The quantitative estimate of drug-likeness (QED) is 0.673. The van der Waals surface area contributed by atoms with Gasteiger partial charge in [-0.15, -0.1) is 0 Å². The summed E-state index contributed by atoms with van der Waals surface area (Å²) in [5.41, 5.74) is 6.45. The lowest BCUT2D eigenvalue weighted by Crippen LogP contribution is -2.26. The van der Waals surface area contributed by atoms with Crippen molar-refractivity contribution in [2.24, 2.45) is 5.73 Å². The Balaban J connectivity index is 2.08. The average Bonchev–Trinajstić information content (AvgIpc) is 3.07. The van der Waals surface area contributed by atoms with Crippen LogP contribution in [0, 0.1) is 0 Å². The molecule has 0 atom stereocenters. The number of hydrogen-bond acceptors (Lipinski definition) is 5. The summed E-state index contributed by atoms with van der Waals surface area (Å²) < 4.78 is 28.9. The van der Waals surface area contributed by atoms with Gasteiger partial charge in [0.1, 0.15) is 12.2 Å². The first-order valence-corrected chi connectivity index (χ1v) is 8.17. The van der Waals surface area contributed by atoms with Crippen molar-refractivity contribution in [1.82, 2.24) is 24.5 Å². The van der Waals surface area contributed by atoms with Crippen LogP contribution in [0.2, 0.25) is 0 Å². The van der Waals surface area contributed by atoms with Gasteiger partial charge in [0, 0.05) is 37.4 Å². The first kappa shape index (κ1) is 15.7. The molecule has 2 aromatic heterocycles. The molecule has 2 aromatic rings. The van der Waals surface area contributed by atoms with E-state index in [-0.39, 0.29) is 17.5 Å². The van der Waals surface area contributed by atoms with Gasteiger partial charge in [0.25, 0.3) is 0 Å². The Kier molecular flexibility index (Phi) is 4.76. The predicted octanol–water partition coefficient (Wildman–Crippen LogP) is 0.167. The van der Waals surface area contributed by atoms with Gasteiger partial charge in [-0.05, 0) is 19.9 Å². The number of nitrogens with zero attached hydrogens (tertiary/aromatic N) is 3. The number of hydrogen-bond donors (Lipinski definition) is 3. The van der Waals surface area contributed by atoms with Gasteiger partial charge in [-0.25, -0.2) is 18.1 Å². The predicted molar refractivity (Wildman–Crippen MR) is 78.0 cm³/mol. The smallest absolute Gasteiger partial charge is 0.242 e. The van der Waals surface area contributed by atoms with E-state index < -0.39 is 10.0 Å². The number of nitrogens with one attached hydrogen (secondary N) is 2. The summed E-state index contributed by atoms with van der Waals surface area (Å²) in [5.74, 6) is 0.639. The van der Waals surface area contributed by atoms with Crippen LogP contribution in [-0.4, -0.2) is 34.7 Å². The zero-order valence-electron chi connectivity index (χ0n) is 12.1. The fraction of sp³-hybridized carbons (Fsp3) is 0.500. The third-order valence-electron chi connectivity index (χ3n) is 3.10. The van der Waals surface area contributed by atoms with E-state index in [4.69, 9.17) is 5.73 Å². The van der Waals surface area contributed by atoms with E-state index in [1.807, 2.05) is 18.4 Å². The number of sulfonamides is 1. The molecule has 21 heavy (non-hydrogen) atoms. The van der Waals surface area contributed by atoms with Crippen molar-refractivity contribution in [1.29, 1.82) is 0 Å². The highest BCUT2D eigenvalue weighted by Gasteiger charge is 2.18. The molecule has 4 N–H and O–H groups in total. The molecular formula is C12H20N6O2S. The van der Waals surface area contributed by atoms with Gasteiger partial charge in [0.2, 0.25) is 10.0 Å². The molecule has 0 saturated heterocycles. The molecule has 9 heteroatoms. The minimum atomic E-state index is -3.55. The standard InChI is InChI=1S/C12H20N6O2S/c1-9(2)18-7-11(5-10(18)6-13)21(19,20)16-4-3-12-14-8-15-17-12/h5,7-9,16H,3-4,6,13H2,1-2H3,(H,14,15,17). The van der Waals surface area contributed by atoms with E-state index >= 15 is 0 Å². The second-order valence-corrected chi connectivity index (χ2v) is 6.72. The Morgan fingerprint density at radius 3 is 2.76 bits per heavy atom. The van der Waals surface area contributed by atoms with Gasteiger partial charge in [0.15, 0.2) is 0 Å². The number of H-pyrrole nitrogens is 1. The second kappa shape index (κ2) is 6.37. The monoisotopic (exact) mass is 312 g/mol. The molecule has 0 amide bonds. The molecule has 0 saturated carbocycles. The van der Waals surface area contributed by atoms with Gasteiger partial charge >= 0.3 is 0 Å². The molecule has 0 radical (unpaired) electrons. The second-order valence-electron chi connectivity index (χ2n) is 4.95. The lowest BCUT2D eigenvalue weighted by molar-refractivity contribution is 0.569. The first-order chi connectivity index (χ1) is 9.94. The summed E-state index contributed by atoms with van der Waals surface area (Å²) >= 11 is 0. The zero-order valence-corrected chi connectivity index (χ0v) is 12.9. The van der Waals surface area contributed by atoms with Crippen molar-refractivity contribution in [2.45, 2.75) is 37.8 Å². The molecule has 0 aliphatic heterocycles. The van der Waals surface area contributed by atoms with Crippen LogP contribution >= 0.6 is 0 Å². The molecule has 116 valence electrons. The van der Waals surface area contributed by atoms with Crippen LogP contribution in [0.15, 0.2) is 23.5 Å². The summed E-state index contributed by atoms with van der Waals surface area (Å²) in [6, 6.07) is 1.76. The van der Waals surface area contributed by atoms with Crippen LogP contribution < -0.4 is 10.5 Å². The van der Waals surface area contributed by atoms with Crippen LogP contribution in [0.4, 0.5) is 0 Å². The van der Waals surface area contributed by atoms with Crippen molar-refractivity contribution >= 4 is 10.0 Å². The highest BCUT2D eigenvalue weighted by Crippen LogP contribution is 2.18. The molecule has 0 unspecified atom stereocenters. The summed E-state index contributed by atoms with van der Waals surface area (Å²) in [4.78, 5) is 4.17. The van der Waals surface area contributed by atoms with E-state index in [2.05, 4.69) is 19.9 Å². The Morgan fingerprint density at radius 1 is 1.48 bits per heavy atom. The highest BCUT2D eigenvalue weighted by molar-refractivity contribution is 7.89. The molecule has 0 aromatic carbocycles. The van der Waals surface area contributed by atoms with E-state index in [0.717, 1.165) is 5.69 Å². The van der Waals surface area contributed by atoms with Crippen molar-refractivity contribution in [3.63, 3.8) is 0 Å². The van der Waals surface area contributed by atoms with E-state index in [1.54, 1.807) is 12.3 Å². The molecule has 0 aliphatic rings. The van der Waals surface area contributed by atoms with Crippen LogP contribution in [0.1, 0.15) is 31.4 Å². The first-order valence-electron chi connectivity index (χ1n) is 6.68. The minimum absolute atomic E-state index is 0.154. The molecule has 0 fully saturated rings. The van der Waals surface area contributed by atoms with Crippen LogP contribution in [-0.2, 0) is 23.0 Å². The normalized spacial score (nSPS) is 12.2. The number of aromatic amines is 1. The third kappa shape index (κ3) is 3.69. The Morgan fingerprint density at radius 2 is 2.24 bits per heavy atom. The maximum atomic E-state index is 12.3. The number of aromatic nitrogens is 4. The number of rotatable bonds is 7. The summed E-state index contributed by atoms with van der Waals surface area (Å²) in [6.45, 7) is 4.51. The van der Waals surface area contributed by atoms with Crippen molar-refractivity contribution < 1.29 is 8.42 Å². The van der Waals surface area contributed by atoms with Gasteiger partial charge < -0.3 is 10.3 Å². The lowest BCUT2D eigenvalue weighted by atomic mass is 10.3. The van der Waals surface area contributed by atoms with Crippen LogP contribution in [0.25, 0.3) is 0 Å². The topological polar surface area (TPSA) is 119 Å². The summed E-state index contributed by atoms with van der Waals surface area (Å²) in [7, 11) is -3.55. The van der Waals surface area contributed by atoms with E-state index in [1.165, 1.54) is 6.33 Å². The van der Waals surface area contributed by atoms with Crippen LogP contribution in [0.5, 0.6) is 0 Å². The third-order valence-corrected chi connectivity index (χ3v) is 4.53. The SMILES string of the molecule is CC(C)n1cc(S(=O)(=O)NCCc2ncn[nH]2)cc1CN.